The molecule has 242 valence electrons. The Kier molecular flexibility index (Phi) is 12.9. The van der Waals surface area contributed by atoms with Crippen LogP contribution in [0.1, 0.15) is 44.2 Å². The van der Waals surface area contributed by atoms with Crippen LogP contribution >= 0.6 is 0 Å². The molecule has 4 unspecified atom stereocenters. The van der Waals surface area contributed by atoms with E-state index in [9.17, 15) is 24.3 Å². The Morgan fingerprint density at radius 1 is 0.844 bits per heavy atom. The molecule has 3 rings (SSSR count). The van der Waals surface area contributed by atoms with Crippen molar-refractivity contribution in [2.45, 2.75) is 70.1 Å². The lowest BCUT2D eigenvalue weighted by Crippen LogP contribution is -2.58. The van der Waals surface area contributed by atoms with Gasteiger partial charge in [-0.15, -0.1) is 0 Å². The zero-order valence-electron chi connectivity index (χ0n) is 25.7. The topological polar surface area (TPSA) is 231 Å². The quantitative estimate of drug-likeness (QED) is 0.0613. The van der Waals surface area contributed by atoms with Crippen LogP contribution in [0, 0.1) is 5.92 Å². The first kappa shape index (κ1) is 34.6. The smallest absolute Gasteiger partial charge is 0.326 e. The van der Waals surface area contributed by atoms with E-state index < -0.39 is 47.9 Å². The number of carbonyl (C=O) groups excluding carboxylic acids is 3. The third kappa shape index (κ3) is 10.9. The van der Waals surface area contributed by atoms with E-state index in [4.69, 9.17) is 17.2 Å². The summed E-state index contributed by atoms with van der Waals surface area (Å²) in [6, 6.07) is 12.2. The molecule has 0 aliphatic carbocycles. The van der Waals surface area contributed by atoms with Crippen LogP contribution in [-0.4, -0.2) is 70.5 Å². The molecule has 0 saturated heterocycles. The average Bonchev–Trinajstić information content (AvgIpc) is 3.40. The number of carbonyl (C=O) groups is 4. The Morgan fingerprint density at radius 2 is 1.47 bits per heavy atom. The third-order valence-corrected chi connectivity index (χ3v) is 7.27. The molecular weight excluding hydrogens is 576 g/mol. The Labute approximate surface area is 262 Å². The molecular formula is C32H44N8O5. The SMILES string of the molecule is CC(C)CC(N)C(=O)NC(CCCN=C(N)N)C(=O)NC(Cc1ccccc1)C(=O)NC(Cc1c[nH]c2ccccc12)C(=O)O. The Morgan fingerprint density at radius 3 is 2.13 bits per heavy atom. The van der Waals surface area contributed by atoms with Crippen LogP contribution in [0.25, 0.3) is 10.9 Å². The van der Waals surface area contributed by atoms with Gasteiger partial charge in [-0.05, 0) is 42.4 Å². The number of hydrogen-bond acceptors (Lipinski definition) is 6. The first-order valence-electron chi connectivity index (χ1n) is 15.0. The second kappa shape index (κ2) is 16.8. The Balaban J connectivity index is 1.81. The van der Waals surface area contributed by atoms with Crippen LogP contribution < -0.4 is 33.2 Å². The maximum atomic E-state index is 13.6. The summed E-state index contributed by atoms with van der Waals surface area (Å²) in [4.78, 5) is 59.5. The molecule has 2 aromatic carbocycles. The predicted octanol–water partition coefficient (Wildman–Crippen LogP) is 0.919. The largest absolute Gasteiger partial charge is 0.480 e. The van der Waals surface area contributed by atoms with Gasteiger partial charge in [0.2, 0.25) is 17.7 Å². The molecule has 0 aliphatic heterocycles. The summed E-state index contributed by atoms with van der Waals surface area (Å²) in [5.74, 6) is -2.96. The van der Waals surface area contributed by atoms with Gasteiger partial charge in [0.1, 0.15) is 18.1 Å². The van der Waals surface area contributed by atoms with Crippen LogP contribution in [0.15, 0.2) is 65.8 Å². The number of rotatable bonds is 17. The van der Waals surface area contributed by atoms with Crippen LogP contribution in [0.3, 0.4) is 0 Å². The van der Waals surface area contributed by atoms with Gasteiger partial charge in [-0.2, -0.15) is 0 Å². The van der Waals surface area contributed by atoms with Crippen molar-refractivity contribution >= 4 is 40.6 Å². The van der Waals surface area contributed by atoms with Crippen molar-refractivity contribution in [1.82, 2.24) is 20.9 Å². The molecule has 13 nitrogen and oxygen atoms in total. The van der Waals surface area contributed by atoms with Crippen molar-refractivity contribution in [3.63, 3.8) is 0 Å². The number of H-pyrrole nitrogens is 1. The number of aromatic nitrogens is 1. The van der Waals surface area contributed by atoms with E-state index in [1.807, 2.05) is 44.2 Å². The van der Waals surface area contributed by atoms with Crippen molar-refractivity contribution in [3.8, 4) is 0 Å². The summed E-state index contributed by atoms with van der Waals surface area (Å²) in [7, 11) is 0. The van der Waals surface area contributed by atoms with E-state index in [0.717, 1.165) is 22.0 Å². The molecule has 3 aromatic rings. The minimum absolute atomic E-state index is 0.0221. The molecule has 13 heteroatoms. The summed E-state index contributed by atoms with van der Waals surface area (Å²) < 4.78 is 0. The van der Waals surface area contributed by atoms with Gasteiger partial charge in [0.25, 0.3) is 0 Å². The molecule has 3 amide bonds. The highest BCUT2D eigenvalue weighted by molar-refractivity contribution is 5.94. The van der Waals surface area contributed by atoms with Gasteiger partial charge in [0, 0.05) is 36.5 Å². The van der Waals surface area contributed by atoms with E-state index in [0.29, 0.717) is 12.8 Å². The summed E-state index contributed by atoms with van der Waals surface area (Å²) >= 11 is 0. The lowest BCUT2D eigenvalue weighted by molar-refractivity contribution is -0.142. The van der Waals surface area contributed by atoms with Crippen molar-refractivity contribution in [2.75, 3.05) is 6.54 Å². The Bertz CT molecular complexity index is 1470. The van der Waals surface area contributed by atoms with Crippen LogP contribution in [0.5, 0.6) is 0 Å². The van der Waals surface area contributed by atoms with E-state index in [-0.39, 0.29) is 37.7 Å². The van der Waals surface area contributed by atoms with E-state index in [1.54, 1.807) is 30.5 Å². The van der Waals surface area contributed by atoms with Crippen LogP contribution in [0.2, 0.25) is 0 Å². The molecule has 0 bridgehead atoms. The Hall–Kier alpha value is -4.91. The second-order valence-electron chi connectivity index (χ2n) is 11.5. The summed E-state index contributed by atoms with van der Waals surface area (Å²) in [6.45, 7) is 4.09. The first-order chi connectivity index (χ1) is 21.4. The number of fused-ring (bicyclic) bond motifs is 1. The number of nitrogens with two attached hydrogens (primary N) is 3. The minimum Gasteiger partial charge on any atom is -0.480 e. The summed E-state index contributed by atoms with van der Waals surface area (Å²) in [5.41, 5.74) is 19.2. The molecule has 0 saturated carbocycles. The number of nitrogens with zero attached hydrogens (tertiary/aromatic N) is 1. The summed E-state index contributed by atoms with van der Waals surface area (Å²) in [6.07, 6.45) is 2.77. The van der Waals surface area contributed by atoms with Gasteiger partial charge in [-0.1, -0.05) is 62.4 Å². The normalized spacial score (nSPS) is 13.8. The van der Waals surface area contributed by atoms with Gasteiger partial charge in [-0.3, -0.25) is 19.4 Å². The number of para-hydroxylation sites is 1. The molecule has 0 spiro atoms. The fourth-order valence-electron chi connectivity index (χ4n) is 4.99. The van der Waals surface area contributed by atoms with Gasteiger partial charge >= 0.3 is 5.97 Å². The molecule has 1 heterocycles. The molecule has 0 fully saturated rings. The van der Waals surface area contributed by atoms with Crippen molar-refractivity contribution in [3.05, 3.63) is 71.9 Å². The molecule has 45 heavy (non-hydrogen) atoms. The molecule has 11 N–H and O–H groups in total. The lowest BCUT2D eigenvalue weighted by Gasteiger charge is -2.25. The number of aromatic amines is 1. The number of hydrogen-bond donors (Lipinski definition) is 8. The van der Waals surface area contributed by atoms with E-state index in [2.05, 4.69) is 25.9 Å². The third-order valence-electron chi connectivity index (χ3n) is 7.27. The number of carboxylic acid groups (broad SMARTS) is 1. The molecule has 0 aliphatic rings. The van der Waals surface area contributed by atoms with Crippen LogP contribution in [-0.2, 0) is 32.0 Å². The zero-order chi connectivity index (χ0) is 32.9. The van der Waals surface area contributed by atoms with Crippen LogP contribution in [0.4, 0.5) is 0 Å². The van der Waals surface area contributed by atoms with E-state index >= 15 is 0 Å². The minimum atomic E-state index is -1.27. The second-order valence-corrected chi connectivity index (χ2v) is 11.5. The first-order valence-corrected chi connectivity index (χ1v) is 15.0. The number of aliphatic carboxylic acids is 1. The number of guanidine groups is 1. The van der Waals surface area contributed by atoms with Crippen molar-refractivity contribution < 1.29 is 24.3 Å². The number of carboxylic acids is 1. The van der Waals surface area contributed by atoms with Gasteiger partial charge < -0.3 is 43.2 Å². The molecule has 1 aromatic heterocycles. The van der Waals surface area contributed by atoms with Gasteiger partial charge in [-0.25, -0.2) is 4.79 Å². The highest BCUT2D eigenvalue weighted by Crippen LogP contribution is 2.19. The number of aliphatic imine (C=N–C) groups is 1. The number of nitrogens with one attached hydrogen (secondary N) is 4. The lowest BCUT2D eigenvalue weighted by atomic mass is 10.0. The summed E-state index contributed by atoms with van der Waals surface area (Å²) in [5, 5.41) is 18.9. The number of benzene rings is 2. The monoisotopic (exact) mass is 620 g/mol. The maximum absolute atomic E-state index is 13.6. The predicted molar refractivity (Wildman–Crippen MR) is 173 cm³/mol. The standard InChI is InChI=1S/C32H44N8O5/c1-19(2)15-23(33)28(41)38-25(13-8-14-36-32(34)35)29(42)39-26(16-20-9-4-3-5-10-20)30(43)40-27(31(44)45)17-21-18-37-24-12-7-6-11-22(21)24/h3-7,9-12,18-19,23,25-27,37H,8,13-17,33H2,1-2H3,(H,38,41)(H,39,42)(H,40,43)(H,44,45)(H4,34,35,36). The fraction of sp³-hybridized carbons (Fsp3) is 0.406. The maximum Gasteiger partial charge on any atom is 0.326 e. The fourth-order valence-corrected chi connectivity index (χ4v) is 4.99. The average molecular weight is 621 g/mol. The van der Waals surface area contributed by atoms with Gasteiger partial charge in [0.05, 0.1) is 6.04 Å². The van der Waals surface area contributed by atoms with Gasteiger partial charge in [0.15, 0.2) is 5.96 Å². The van der Waals surface area contributed by atoms with Crippen molar-refractivity contribution in [1.29, 1.82) is 0 Å². The number of amides is 3. The highest BCUT2D eigenvalue weighted by atomic mass is 16.4. The molecule has 0 radical (unpaired) electrons. The molecule has 4 atom stereocenters. The van der Waals surface area contributed by atoms with Crippen molar-refractivity contribution in [2.24, 2.45) is 28.1 Å². The van der Waals surface area contributed by atoms with E-state index in [1.165, 1.54) is 0 Å². The zero-order valence-corrected chi connectivity index (χ0v) is 25.7. The highest BCUT2D eigenvalue weighted by Gasteiger charge is 2.31.